The molecule has 0 unspecified atom stereocenters. The standard InChI is InChI=1S/C21H19N5O5.C8H9F2NO/c1-3-8-31-20(30)13-4-5-14-12(11(13)2)6-7-15(14)24-18(27)17-9-16(19(28)29)25-21-22-10-23-26(17)21;9-8(10)12-7-3-1-2-6(4-7)5-11/h3-5,9-10,15H,1,6-8H2,2H3,(H,24,27)(H,28,29);1-4,8H,5,11H2/t15-;/m0./s1. The van der Waals surface area contributed by atoms with E-state index in [-0.39, 0.29) is 35.6 Å². The Bertz CT molecular complexity index is 1670. The SMILES string of the molecule is C=CCOC(=O)c1ccc2c(c1C)CC[C@@H]2NC(=O)c1cc(C(=O)O)nc2ncnn12.NCc1cccc(OC(F)F)c1. The lowest BCUT2D eigenvalue weighted by Crippen LogP contribution is -2.29. The van der Waals surface area contributed by atoms with E-state index in [1.165, 1.54) is 35.1 Å². The van der Waals surface area contributed by atoms with E-state index in [9.17, 15) is 28.3 Å². The number of carboxylic acid groups (broad SMARTS) is 1. The molecule has 0 bridgehead atoms. The topological polar surface area (TPSA) is 171 Å². The summed E-state index contributed by atoms with van der Waals surface area (Å²) >= 11 is 0. The van der Waals surface area contributed by atoms with Crippen LogP contribution in [0.25, 0.3) is 5.78 Å². The molecule has 1 atom stereocenters. The van der Waals surface area contributed by atoms with Crippen LogP contribution in [0.1, 0.15) is 66.1 Å². The van der Waals surface area contributed by atoms with Gasteiger partial charge < -0.3 is 25.6 Å². The van der Waals surface area contributed by atoms with Gasteiger partial charge in [0.1, 0.15) is 24.4 Å². The summed E-state index contributed by atoms with van der Waals surface area (Å²) in [6, 6.07) is 10.7. The molecule has 4 N–H and O–H groups in total. The largest absolute Gasteiger partial charge is 0.477 e. The number of fused-ring (bicyclic) bond motifs is 2. The highest BCUT2D eigenvalue weighted by molar-refractivity contribution is 5.96. The Hall–Kier alpha value is -5.24. The summed E-state index contributed by atoms with van der Waals surface area (Å²) in [7, 11) is 0. The van der Waals surface area contributed by atoms with Crippen LogP contribution in [0.3, 0.4) is 0 Å². The first-order chi connectivity index (χ1) is 20.6. The van der Waals surface area contributed by atoms with E-state index in [4.69, 9.17) is 10.5 Å². The maximum atomic E-state index is 13.0. The van der Waals surface area contributed by atoms with Gasteiger partial charge in [-0.25, -0.2) is 14.6 Å². The van der Waals surface area contributed by atoms with Crippen molar-refractivity contribution in [1.82, 2.24) is 24.9 Å². The van der Waals surface area contributed by atoms with Crippen molar-refractivity contribution in [3.05, 3.63) is 101 Å². The van der Waals surface area contributed by atoms with Crippen LogP contribution in [0.5, 0.6) is 5.75 Å². The Morgan fingerprint density at radius 1 is 1.26 bits per heavy atom. The molecule has 224 valence electrons. The second kappa shape index (κ2) is 13.6. The molecule has 0 aliphatic heterocycles. The molecule has 2 heterocycles. The van der Waals surface area contributed by atoms with Gasteiger partial charge in [-0.2, -0.15) is 23.4 Å². The Morgan fingerprint density at radius 2 is 2.05 bits per heavy atom. The van der Waals surface area contributed by atoms with Crippen molar-refractivity contribution < 1.29 is 37.7 Å². The summed E-state index contributed by atoms with van der Waals surface area (Å²) in [6.45, 7) is 3.07. The number of carbonyl (C=O) groups is 3. The fourth-order valence-corrected chi connectivity index (χ4v) is 4.63. The number of hydrogen-bond donors (Lipinski definition) is 3. The second-order valence-corrected chi connectivity index (χ2v) is 9.29. The molecule has 0 spiro atoms. The number of ether oxygens (including phenoxy) is 2. The minimum Gasteiger partial charge on any atom is -0.477 e. The van der Waals surface area contributed by atoms with E-state index in [0.29, 0.717) is 24.9 Å². The smallest absolute Gasteiger partial charge is 0.387 e. The fourth-order valence-electron chi connectivity index (χ4n) is 4.63. The predicted molar refractivity (Wildman–Crippen MR) is 149 cm³/mol. The van der Waals surface area contributed by atoms with Crippen molar-refractivity contribution in [1.29, 1.82) is 0 Å². The molecule has 0 fully saturated rings. The van der Waals surface area contributed by atoms with E-state index in [2.05, 4.69) is 31.7 Å². The van der Waals surface area contributed by atoms with E-state index >= 15 is 0 Å². The number of halogens is 2. The first kappa shape index (κ1) is 30.7. The lowest BCUT2D eigenvalue weighted by atomic mass is 9.98. The molecule has 5 rings (SSSR count). The number of carboxylic acids is 1. The van der Waals surface area contributed by atoms with E-state index in [0.717, 1.165) is 22.3 Å². The number of nitrogens with one attached hydrogen (secondary N) is 1. The van der Waals surface area contributed by atoms with E-state index < -0.39 is 24.5 Å². The van der Waals surface area contributed by atoms with Gasteiger partial charge in [0.2, 0.25) is 0 Å². The van der Waals surface area contributed by atoms with Crippen LogP contribution in [0.15, 0.2) is 61.4 Å². The summed E-state index contributed by atoms with van der Waals surface area (Å²) in [5, 5.41) is 16.2. The number of hydrogen-bond acceptors (Lipinski definition) is 9. The van der Waals surface area contributed by atoms with Gasteiger partial charge in [0, 0.05) is 12.6 Å². The van der Waals surface area contributed by atoms with Crippen LogP contribution in [-0.2, 0) is 17.7 Å². The first-order valence-corrected chi connectivity index (χ1v) is 13.0. The Balaban J connectivity index is 0.000000296. The van der Waals surface area contributed by atoms with Crippen molar-refractivity contribution in [2.24, 2.45) is 5.73 Å². The van der Waals surface area contributed by atoms with Gasteiger partial charge in [-0.05, 0) is 60.2 Å². The van der Waals surface area contributed by atoms with Gasteiger partial charge in [-0.15, -0.1) is 0 Å². The van der Waals surface area contributed by atoms with Crippen LogP contribution in [0, 0.1) is 6.92 Å². The van der Waals surface area contributed by atoms with Crippen molar-refractivity contribution in [2.75, 3.05) is 6.61 Å². The monoisotopic (exact) mass is 594 g/mol. The molecule has 2 aromatic carbocycles. The number of aromatic carboxylic acids is 1. The van der Waals surface area contributed by atoms with Crippen LogP contribution in [0.2, 0.25) is 0 Å². The normalized spacial score (nSPS) is 13.6. The maximum Gasteiger partial charge on any atom is 0.387 e. The van der Waals surface area contributed by atoms with Gasteiger partial charge >= 0.3 is 18.6 Å². The third-order valence-corrected chi connectivity index (χ3v) is 6.61. The third kappa shape index (κ3) is 7.16. The Kier molecular flexibility index (Phi) is 9.72. The highest BCUT2D eigenvalue weighted by Crippen LogP contribution is 2.35. The summed E-state index contributed by atoms with van der Waals surface area (Å²) in [6.07, 6.45) is 4.04. The molecule has 14 heteroatoms. The van der Waals surface area contributed by atoms with Gasteiger partial charge in [-0.1, -0.05) is 30.9 Å². The molecular formula is C29H28F2N6O6. The zero-order valence-corrected chi connectivity index (χ0v) is 23.0. The molecule has 12 nitrogen and oxygen atoms in total. The highest BCUT2D eigenvalue weighted by Gasteiger charge is 2.29. The fraction of sp³-hybridized carbons (Fsp3) is 0.241. The third-order valence-electron chi connectivity index (χ3n) is 6.61. The van der Waals surface area contributed by atoms with Crippen LogP contribution < -0.4 is 15.8 Å². The number of esters is 1. The summed E-state index contributed by atoms with van der Waals surface area (Å²) in [5.41, 5.74) is 9.01. The average molecular weight is 595 g/mol. The Morgan fingerprint density at radius 3 is 2.74 bits per heavy atom. The van der Waals surface area contributed by atoms with Gasteiger partial charge in [0.25, 0.3) is 11.7 Å². The van der Waals surface area contributed by atoms with Crippen molar-refractivity contribution in [2.45, 2.75) is 39.0 Å². The van der Waals surface area contributed by atoms with Crippen molar-refractivity contribution >= 4 is 23.6 Å². The number of nitrogens with two attached hydrogens (primary N) is 1. The molecule has 2 aromatic heterocycles. The zero-order valence-electron chi connectivity index (χ0n) is 23.0. The number of aromatic nitrogens is 4. The molecule has 1 aliphatic carbocycles. The quantitative estimate of drug-likeness (QED) is 0.192. The molecule has 1 amide bonds. The summed E-state index contributed by atoms with van der Waals surface area (Å²) in [5.74, 6) is -2.01. The number of rotatable bonds is 9. The number of alkyl halides is 2. The molecule has 4 aromatic rings. The molecule has 0 saturated heterocycles. The van der Waals surface area contributed by atoms with Gasteiger partial charge in [0.05, 0.1) is 11.6 Å². The minimum atomic E-state index is -2.78. The van der Waals surface area contributed by atoms with Gasteiger partial charge in [0.15, 0.2) is 5.69 Å². The Labute approximate surface area is 244 Å². The molecule has 0 radical (unpaired) electrons. The summed E-state index contributed by atoms with van der Waals surface area (Å²) < 4.78 is 33.9. The minimum absolute atomic E-state index is 0.0229. The van der Waals surface area contributed by atoms with Crippen LogP contribution >= 0.6 is 0 Å². The molecule has 43 heavy (non-hydrogen) atoms. The molecule has 0 saturated carbocycles. The zero-order chi connectivity index (χ0) is 31.1. The predicted octanol–water partition coefficient (Wildman–Crippen LogP) is 3.64. The average Bonchev–Trinajstić information content (AvgIpc) is 3.63. The van der Waals surface area contributed by atoms with Crippen LogP contribution in [-0.4, -0.2) is 55.8 Å². The van der Waals surface area contributed by atoms with E-state index in [1.807, 2.05) is 13.0 Å². The number of benzene rings is 2. The second-order valence-electron chi connectivity index (χ2n) is 9.29. The lowest BCUT2D eigenvalue weighted by Gasteiger charge is -2.16. The lowest BCUT2D eigenvalue weighted by molar-refractivity contribution is -0.0499. The maximum absolute atomic E-state index is 13.0. The van der Waals surface area contributed by atoms with Crippen molar-refractivity contribution in [3.8, 4) is 5.75 Å². The van der Waals surface area contributed by atoms with Crippen LogP contribution in [0.4, 0.5) is 8.78 Å². The number of amides is 1. The summed E-state index contributed by atoms with van der Waals surface area (Å²) in [4.78, 5) is 44.3. The number of carbonyl (C=O) groups excluding carboxylic acids is 2. The number of nitrogens with zero attached hydrogens (tertiary/aromatic N) is 4. The van der Waals surface area contributed by atoms with Crippen molar-refractivity contribution in [3.63, 3.8) is 0 Å². The van der Waals surface area contributed by atoms with Gasteiger partial charge in [-0.3, -0.25) is 4.79 Å². The van der Waals surface area contributed by atoms with E-state index in [1.54, 1.807) is 18.2 Å². The first-order valence-electron chi connectivity index (χ1n) is 13.0. The molecular weight excluding hydrogens is 566 g/mol. The highest BCUT2D eigenvalue weighted by atomic mass is 19.3. The molecule has 1 aliphatic rings.